The molecule has 1 aliphatic heterocycles. The summed E-state index contributed by atoms with van der Waals surface area (Å²) in [6.45, 7) is 3.99. The topological polar surface area (TPSA) is 52.0 Å². The maximum atomic E-state index is 8.17. The Hall–Kier alpha value is -0.730. The lowest BCUT2D eigenvalue weighted by Crippen LogP contribution is -2.44. The number of nitrogens with zero attached hydrogens (tertiary/aromatic N) is 4. The van der Waals surface area contributed by atoms with Gasteiger partial charge in [-0.25, -0.2) is 0 Å². The molecule has 2 aliphatic rings. The second kappa shape index (κ2) is 4.20. The van der Waals surface area contributed by atoms with Gasteiger partial charge in [-0.3, -0.25) is 0 Å². The van der Waals surface area contributed by atoms with E-state index in [1.165, 1.54) is 45.2 Å². The summed E-state index contributed by atoms with van der Waals surface area (Å²) in [6, 6.07) is 0. The van der Waals surface area contributed by atoms with Crippen LogP contribution in [0.3, 0.4) is 0 Å². The van der Waals surface area contributed by atoms with E-state index in [4.69, 9.17) is 5.53 Å². The van der Waals surface area contributed by atoms with E-state index < -0.39 is 0 Å². The van der Waals surface area contributed by atoms with Crippen molar-refractivity contribution in [2.45, 2.75) is 32.1 Å². The minimum absolute atomic E-state index is 0.628. The van der Waals surface area contributed by atoms with Crippen molar-refractivity contribution >= 4 is 0 Å². The highest BCUT2D eigenvalue weighted by Gasteiger charge is 2.39. The van der Waals surface area contributed by atoms with Gasteiger partial charge in [0.15, 0.2) is 0 Å². The molecular formula is C10H18N4. The summed E-state index contributed by atoms with van der Waals surface area (Å²) in [7, 11) is 0. The van der Waals surface area contributed by atoms with Gasteiger partial charge in [-0.2, -0.15) is 0 Å². The Kier molecular flexibility index (Phi) is 2.94. The van der Waals surface area contributed by atoms with Crippen LogP contribution in [-0.4, -0.2) is 31.1 Å². The molecule has 0 aromatic heterocycles. The number of rotatable bonds is 3. The van der Waals surface area contributed by atoms with Crippen molar-refractivity contribution in [2.24, 2.45) is 10.5 Å². The largest absolute Gasteiger partial charge is 0.303 e. The van der Waals surface area contributed by atoms with E-state index in [0.717, 1.165) is 12.0 Å². The number of likely N-dealkylation sites (tertiary alicyclic amines) is 1. The lowest BCUT2D eigenvalue weighted by molar-refractivity contribution is 0.0348. The Morgan fingerprint density at radius 1 is 1.21 bits per heavy atom. The van der Waals surface area contributed by atoms with Gasteiger partial charge in [0.25, 0.3) is 0 Å². The highest BCUT2D eigenvalue weighted by Crippen LogP contribution is 2.48. The second-order valence-electron chi connectivity index (χ2n) is 4.65. The quantitative estimate of drug-likeness (QED) is 0.387. The van der Waals surface area contributed by atoms with Crippen molar-refractivity contribution in [1.29, 1.82) is 0 Å². The van der Waals surface area contributed by atoms with E-state index in [2.05, 4.69) is 14.9 Å². The first kappa shape index (κ1) is 9.81. The standard InChI is InChI=1S/C10H18N4/c11-13-12-6-9-14-7-4-10(5-8-14)2-1-3-10/h1-9H2. The number of azide groups is 1. The molecule has 0 N–H and O–H groups in total. The van der Waals surface area contributed by atoms with Gasteiger partial charge in [0.2, 0.25) is 0 Å². The lowest BCUT2D eigenvalue weighted by Gasteiger charge is -2.48. The molecule has 0 aromatic carbocycles. The lowest BCUT2D eigenvalue weighted by atomic mass is 9.63. The molecule has 1 heterocycles. The van der Waals surface area contributed by atoms with E-state index in [1.54, 1.807) is 0 Å². The van der Waals surface area contributed by atoms with Crippen LogP contribution >= 0.6 is 0 Å². The van der Waals surface area contributed by atoms with E-state index >= 15 is 0 Å². The Morgan fingerprint density at radius 2 is 1.93 bits per heavy atom. The third-order valence-electron chi connectivity index (χ3n) is 3.91. The summed E-state index contributed by atoms with van der Waals surface area (Å²) in [5.74, 6) is 0. The molecule has 4 heteroatoms. The zero-order valence-corrected chi connectivity index (χ0v) is 8.65. The Morgan fingerprint density at radius 3 is 2.43 bits per heavy atom. The molecule has 2 fully saturated rings. The highest BCUT2D eigenvalue weighted by molar-refractivity contribution is 4.92. The molecule has 1 spiro atoms. The number of piperidine rings is 1. The predicted molar refractivity (Wildman–Crippen MR) is 56.0 cm³/mol. The van der Waals surface area contributed by atoms with Crippen LogP contribution in [0.2, 0.25) is 0 Å². The van der Waals surface area contributed by atoms with Gasteiger partial charge in [-0.05, 0) is 49.7 Å². The van der Waals surface area contributed by atoms with Crippen molar-refractivity contribution in [3.8, 4) is 0 Å². The van der Waals surface area contributed by atoms with Crippen LogP contribution in [0, 0.1) is 5.41 Å². The van der Waals surface area contributed by atoms with Crippen LogP contribution in [0.5, 0.6) is 0 Å². The van der Waals surface area contributed by atoms with Crippen LogP contribution < -0.4 is 0 Å². The minimum Gasteiger partial charge on any atom is -0.303 e. The van der Waals surface area contributed by atoms with Gasteiger partial charge in [-0.15, -0.1) is 0 Å². The van der Waals surface area contributed by atoms with Gasteiger partial charge < -0.3 is 4.90 Å². The van der Waals surface area contributed by atoms with E-state index in [1.807, 2.05) is 0 Å². The molecule has 0 aromatic rings. The van der Waals surface area contributed by atoms with Crippen molar-refractivity contribution in [2.75, 3.05) is 26.2 Å². The van der Waals surface area contributed by atoms with Crippen molar-refractivity contribution in [3.05, 3.63) is 10.4 Å². The molecule has 1 aliphatic carbocycles. The molecule has 1 saturated heterocycles. The fourth-order valence-corrected chi connectivity index (χ4v) is 2.66. The zero-order valence-electron chi connectivity index (χ0n) is 8.65. The summed E-state index contributed by atoms with van der Waals surface area (Å²) in [5, 5.41) is 3.58. The molecule has 14 heavy (non-hydrogen) atoms. The Balaban J connectivity index is 1.70. The molecule has 0 atom stereocenters. The third-order valence-corrected chi connectivity index (χ3v) is 3.91. The average molecular weight is 194 g/mol. The number of hydrogen-bond donors (Lipinski definition) is 0. The van der Waals surface area contributed by atoms with Crippen molar-refractivity contribution in [3.63, 3.8) is 0 Å². The van der Waals surface area contributed by atoms with E-state index in [0.29, 0.717) is 6.54 Å². The minimum atomic E-state index is 0.628. The van der Waals surface area contributed by atoms with Crippen molar-refractivity contribution in [1.82, 2.24) is 4.90 Å². The number of hydrogen-bond acceptors (Lipinski definition) is 2. The van der Waals surface area contributed by atoms with Crippen LogP contribution in [0.4, 0.5) is 0 Å². The van der Waals surface area contributed by atoms with Gasteiger partial charge in [0.1, 0.15) is 0 Å². The monoisotopic (exact) mass is 194 g/mol. The van der Waals surface area contributed by atoms with Gasteiger partial charge in [0, 0.05) is 18.0 Å². The molecule has 0 bridgehead atoms. The predicted octanol–water partition coefficient (Wildman–Crippen LogP) is 2.56. The molecule has 2 rings (SSSR count). The van der Waals surface area contributed by atoms with Gasteiger partial charge >= 0.3 is 0 Å². The summed E-state index contributed by atoms with van der Waals surface area (Å²) < 4.78 is 0. The molecule has 0 amide bonds. The highest BCUT2D eigenvalue weighted by atomic mass is 15.2. The molecule has 78 valence electrons. The summed E-state index contributed by atoms with van der Waals surface area (Å²) in [4.78, 5) is 5.20. The summed E-state index contributed by atoms with van der Waals surface area (Å²) in [5.41, 5.74) is 8.90. The van der Waals surface area contributed by atoms with E-state index in [-0.39, 0.29) is 0 Å². The molecule has 0 unspecified atom stereocenters. The fourth-order valence-electron chi connectivity index (χ4n) is 2.66. The second-order valence-corrected chi connectivity index (χ2v) is 4.65. The Bertz CT molecular complexity index is 231. The van der Waals surface area contributed by atoms with Crippen LogP contribution in [0.25, 0.3) is 10.4 Å². The average Bonchev–Trinajstić information content (AvgIpc) is 2.17. The molecular weight excluding hydrogens is 176 g/mol. The van der Waals surface area contributed by atoms with Crippen molar-refractivity contribution < 1.29 is 0 Å². The fraction of sp³-hybridized carbons (Fsp3) is 1.00. The SMILES string of the molecule is [N-]=[N+]=NCCN1CCC2(CCC2)CC1. The maximum absolute atomic E-state index is 8.17. The van der Waals surface area contributed by atoms with Crippen LogP contribution in [-0.2, 0) is 0 Å². The molecule has 4 nitrogen and oxygen atoms in total. The Labute approximate surface area is 84.9 Å². The molecule has 1 saturated carbocycles. The first-order chi connectivity index (χ1) is 6.85. The van der Waals surface area contributed by atoms with E-state index in [9.17, 15) is 0 Å². The van der Waals surface area contributed by atoms with Crippen LogP contribution in [0.1, 0.15) is 32.1 Å². The van der Waals surface area contributed by atoms with Crippen LogP contribution in [0.15, 0.2) is 5.11 Å². The summed E-state index contributed by atoms with van der Waals surface area (Å²) >= 11 is 0. The first-order valence-corrected chi connectivity index (χ1v) is 5.58. The normalized spacial score (nSPS) is 25.4. The zero-order chi connectivity index (χ0) is 9.86. The smallest absolute Gasteiger partial charge is 0.0385 e. The maximum Gasteiger partial charge on any atom is 0.0385 e. The molecule has 0 radical (unpaired) electrons. The summed E-state index contributed by atoms with van der Waals surface area (Å²) in [6.07, 6.45) is 7.08. The third kappa shape index (κ3) is 2.02. The van der Waals surface area contributed by atoms with Gasteiger partial charge in [-0.1, -0.05) is 11.5 Å². The van der Waals surface area contributed by atoms with Gasteiger partial charge in [0.05, 0.1) is 0 Å². The first-order valence-electron chi connectivity index (χ1n) is 5.58.